The molecule has 1 saturated heterocycles. The fraction of sp³-hybridized carbons (Fsp3) is 0.647. The molecular weight excluding hydrogens is 267 g/mol. The average Bonchev–Trinajstić information content (AvgIpc) is 2.48. The maximum Gasteiger partial charge on any atom is 0.127 e. The van der Waals surface area contributed by atoms with Crippen LogP contribution in [-0.4, -0.2) is 43.8 Å². The molecule has 1 N–H and O–H groups in total. The average molecular weight is 294 g/mol. The number of halogens is 1. The van der Waals surface area contributed by atoms with Crippen LogP contribution in [0.4, 0.5) is 4.39 Å². The van der Waals surface area contributed by atoms with Crippen LogP contribution in [0.15, 0.2) is 24.3 Å². The molecule has 1 aromatic rings. The lowest BCUT2D eigenvalue weighted by atomic mass is 10.0. The van der Waals surface area contributed by atoms with Crippen LogP contribution in [0.5, 0.6) is 0 Å². The van der Waals surface area contributed by atoms with Gasteiger partial charge in [-0.1, -0.05) is 25.1 Å². The lowest BCUT2D eigenvalue weighted by Crippen LogP contribution is -2.42. The van der Waals surface area contributed by atoms with Gasteiger partial charge in [0, 0.05) is 31.2 Å². The summed E-state index contributed by atoms with van der Waals surface area (Å²) in [5.74, 6) is -0.110. The summed E-state index contributed by atoms with van der Waals surface area (Å²) < 4.78 is 19.6. The predicted octanol–water partition coefficient (Wildman–Crippen LogP) is 2.98. The summed E-state index contributed by atoms with van der Waals surface area (Å²) in [5.41, 5.74) is 0.784. The Morgan fingerprint density at radius 2 is 2.24 bits per heavy atom. The lowest BCUT2D eigenvalue weighted by Gasteiger charge is -2.32. The van der Waals surface area contributed by atoms with Gasteiger partial charge in [0.15, 0.2) is 0 Å². The van der Waals surface area contributed by atoms with Crippen molar-refractivity contribution in [1.82, 2.24) is 10.2 Å². The molecule has 118 valence electrons. The topological polar surface area (TPSA) is 24.5 Å². The number of hydrogen-bond donors (Lipinski definition) is 1. The number of rotatable bonds is 7. The summed E-state index contributed by atoms with van der Waals surface area (Å²) in [7, 11) is 0. The largest absolute Gasteiger partial charge is 0.376 e. The Labute approximate surface area is 127 Å². The molecule has 1 aromatic carbocycles. The maximum atomic E-state index is 14.0. The number of hydrogen-bond acceptors (Lipinski definition) is 3. The molecule has 0 aromatic heterocycles. The van der Waals surface area contributed by atoms with Gasteiger partial charge in [0.2, 0.25) is 0 Å². The van der Waals surface area contributed by atoms with E-state index in [0.29, 0.717) is 6.10 Å². The van der Waals surface area contributed by atoms with Crippen LogP contribution >= 0.6 is 0 Å². The molecule has 1 aliphatic rings. The fourth-order valence-electron chi connectivity index (χ4n) is 2.85. The van der Waals surface area contributed by atoms with E-state index in [1.54, 1.807) is 12.1 Å². The van der Waals surface area contributed by atoms with Crippen LogP contribution in [0.2, 0.25) is 0 Å². The molecule has 1 fully saturated rings. The van der Waals surface area contributed by atoms with Crippen LogP contribution in [0.1, 0.15) is 38.3 Å². The monoisotopic (exact) mass is 294 g/mol. The highest BCUT2D eigenvalue weighted by molar-refractivity contribution is 5.21. The third-order valence-electron chi connectivity index (χ3n) is 3.98. The van der Waals surface area contributed by atoms with E-state index in [4.69, 9.17) is 4.74 Å². The van der Waals surface area contributed by atoms with Gasteiger partial charge in [-0.25, -0.2) is 4.39 Å². The fourth-order valence-corrected chi connectivity index (χ4v) is 2.85. The zero-order valence-corrected chi connectivity index (χ0v) is 13.1. The molecule has 2 unspecified atom stereocenters. The molecule has 21 heavy (non-hydrogen) atoms. The molecular formula is C17H27FN2O. The van der Waals surface area contributed by atoms with E-state index in [-0.39, 0.29) is 11.9 Å². The SMILES string of the molecule is CCCNC(CCN1CCOC(C)C1)c1ccccc1F. The maximum absolute atomic E-state index is 14.0. The molecule has 1 heterocycles. The predicted molar refractivity (Wildman–Crippen MR) is 83.9 cm³/mol. The van der Waals surface area contributed by atoms with E-state index in [2.05, 4.69) is 24.1 Å². The molecule has 2 rings (SSSR count). The summed E-state index contributed by atoms with van der Waals surface area (Å²) >= 11 is 0. The number of ether oxygens (including phenoxy) is 1. The lowest BCUT2D eigenvalue weighted by molar-refractivity contribution is -0.0192. The van der Waals surface area contributed by atoms with Crippen molar-refractivity contribution in [1.29, 1.82) is 0 Å². The van der Waals surface area contributed by atoms with Crippen molar-refractivity contribution >= 4 is 0 Å². The van der Waals surface area contributed by atoms with Crippen molar-refractivity contribution in [3.63, 3.8) is 0 Å². The van der Waals surface area contributed by atoms with Gasteiger partial charge in [-0.3, -0.25) is 4.90 Å². The van der Waals surface area contributed by atoms with Gasteiger partial charge in [-0.05, 0) is 32.4 Å². The minimum atomic E-state index is -0.110. The van der Waals surface area contributed by atoms with Crippen molar-refractivity contribution in [2.45, 2.75) is 38.8 Å². The molecule has 0 spiro atoms. The van der Waals surface area contributed by atoms with Gasteiger partial charge < -0.3 is 10.1 Å². The van der Waals surface area contributed by atoms with Gasteiger partial charge in [0.05, 0.1) is 12.7 Å². The van der Waals surface area contributed by atoms with E-state index in [1.165, 1.54) is 0 Å². The number of benzene rings is 1. The van der Waals surface area contributed by atoms with E-state index < -0.39 is 0 Å². The van der Waals surface area contributed by atoms with Crippen molar-refractivity contribution in [3.05, 3.63) is 35.6 Å². The summed E-state index contributed by atoms with van der Waals surface area (Å²) in [4.78, 5) is 2.41. The highest BCUT2D eigenvalue weighted by atomic mass is 19.1. The Hall–Kier alpha value is -0.970. The molecule has 2 atom stereocenters. The molecule has 3 nitrogen and oxygen atoms in total. The third kappa shape index (κ3) is 5.06. The molecule has 4 heteroatoms. The van der Waals surface area contributed by atoms with E-state index >= 15 is 0 Å². The van der Waals surface area contributed by atoms with Crippen molar-refractivity contribution < 1.29 is 9.13 Å². The Morgan fingerprint density at radius 3 is 2.95 bits per heavy atom. The summed E-state index contributed by atoms with van der Waals surface area (Å²) in [6.45, 7) is 8.88. The number of nitrogens with one attached hydrogen (secondary N) is 1. The van der Waals surface area contributed by atoms with Crippen LogP contribution in [0.25, 0.3) is 0 Å². The van der Waals surface area contributed by atoms with Gasteiger partial charge in [-0.15, -0.1) is 0 Å². The van der Waals surface area contributed by atoms with Crippen molar-refractivity contribution in [3.8, 4) is 0 Å². The van der Waals surface area contributed by atoms with Crippen LogP contribution in [0.3, 0.4) is 0 Å². The highest BCUT2D eigenvalue weighted by Gasteiger charge is 2.20. The number of morpholine rings is 1. The summed E-state index contributed by atoms with van der Waals surface area (Å²) in [5, 5.41) is 3.48. The van der Waals surface area contributed by atoms with Gasteiger partial charge in [0.25, 0.3) is 0 Å². The molecule has 0 amide bonds. The quantitative estimate of drug-likeness (QED) is 0.837. The summed E-state index contributed by atoms with van der Waals surface area (Å²) in [6, 6.07) is 7.19. The Balaban J connectivity index is 1.94. The zero-order chi connectivity index (χ0) is 15.1. The second kappa shape index (κ2) is 8.47. The first-order valence-electron chi connectivity index (χ1n) is 8.02. The minimum Gasteiger partial charge on any atom is -0.376 e. The van der Waals surface area contributed by atoms with Gasteiger partial charge >= 0.3 is 0 Å². The normalized spacial score (nSPS) is 21.4. The minimum absolute atomic E-state index is 0.0873. The molecule has 0 radical (unpaired) electrons. The number of nitrogens with zero attached hydrogens (tertiary/aromatic N) is 1. The second-order valence-electron chi connectivity index (χ2n) is 5.80. The summed E-state index contributed by atoms with van der Waals surface area (Å²) in [6.07, 6.45) is 2.28. The highest BCUT2D eigenvalue weighted by Crippen LogP contribution is 2.21. The van der Waals surface area contributed by atoms with Gasteiger partial charge in [-0.2, -0.15) is 0 Å². The van der Waals surface area contributed by atoms with Crippen molar-refractivity contribution in [2.24, 2.45) is 0 Å². The zero-order valence-electron chi connectivity index (χ0n) is 13.1. The first-order valence-corrected chi connectivity index (χ1v) is 8.02. The van der Waals surface area contributed by atoms with Gasteiger partial charge in [0.1, 0.15) is 5.82 Å². The Morgan fingerprint density at radius 1 is 1.43 bits per heavy atom. The first-order chi connectivity index (χ1) is 10.2. The second-order valence-corrected chi connectivity index (χ2v) is 5.80. The first kappa shape index (κ1) is 16.4. The Bertz CT molecular complexity index is 427. The molecule has 0 aliphatic carbocycles. The molecule has 0 saturated carbocycles. The standard InChI is InChI=1S/C17H27FN2O/c1-3-9-19-17(15-6-4-5-7-16(15)18)8-10-20-11-12-21-14(2)13-20/h4-7,14,17,19H,3,8-13H2,1-2H3. The van der Waals surface area contributed by atoms with Crippen LogP contribution in [-0.2, 0) is 4.74 Å². The molecule has 1 aliphatic heterocycles. The van der Waals surface area contributed by atoms with Crippen LogP contribution < -0.4 is 5.32 Å². The van der Waals surface area contributed by atoms with Crippen molar-refractivity contribution in [2.75, 3.05) is 32.8 Å². The third-order valence-corrected chi connectivity index (χ3v) is 3.98. The van der Waals surface area contributed by atoms with E-state index in [1.807, 2.05) is 12.1 Å². The van der Waals surface area contributed by atoms with E-state index in [9.17, 15) is 4.39 Å². The smallest absolute Gasteiger partial charge is 0.127 e. The van der Waals surface area contributed by atoms with Crippen LogP contribution in [0, 0.1) is 5.82 Å². The van der Waals surface area contributed by atoms with E-state index in [0.717, 1.165) is 51.2 Å². The Kier molecular flexibility index (Phi) is 6.61. The molecule has 0 bridgehead atoms.